The van der Waals surface area contributed by atoms with Crippen molar-refractivity contribution in [2.45, 2.75) is 36.6 Å². The molecule has 0 atom stereocenters. The number of anilines is 2. The van der Waals surface area contributed by atoms with Crippen molar-refractivity contribution in [1.82, 2.24) is 19.9 Å². The molecule has 2 N–H and O–H groups in total. The van der Waals surface area contributed by atoms with Crippen molar-refractivity contribution in [3.8, 4) is 11.3 Å². The molecule has 0 saturated heterocycles. The smallest absolute Gasteiger partial charge is 0.264 e. The Morgan fingerprint density at radius 2 is 1.80 bits per heavy atom. The number of nitrogens with zero attached hydrogens (tertiary/aromatic N) is 4. The number of hydrogen-bond donors (Lipinski definition) is 2. The van der Waals surface area contributed by atoms with Crippen LogP contribution < -0.4 is 10.0 Å². The summed E-state index contributed by atoms with van der Waals surface area (Å²) in [7, 11) is -4.40. The molecule has 3 heterocycles. The molecule has 35 heavy (non-hydrogen) atoms. The molecule has 180 valence electrons. The Labute approximate surface area is 204 Å². The molecule has 0 unspecified atom stereocenters. The van der Waals surface area contributed by atoms with Gasteiger partial charge in [0.15, 0.2) is 11.0 Å². The Morgan fingerprint density at radius 1 is 1.00 bits per heavy atom. The summed E-state index contributed by atoms with van der Waals surface area (Å²) in [5.41, 5.74) is 2.09. The Bertz CT molecular complexity index is 1530. The summed E-state index contributed by atoms with van der Waals surface area (Å²) in [5.74, 6) is -1.49. The average molecular weight is 517 g/mol. The molecule has 0 radical (unpaired) electrons. The summed E-state index contributed by atoms with van der Waals surface area (Å²) >= 11 is 6.12. The van der Waals surface area contributed by atoms with Gasteiger partial charge in [0, 0.05) is 23.9 Å². The molecule has 12 heteroatoms. The molecule has 3 aromatic heterocycles. The molecule has 1 aliphatic carbocycles. The summed E-state index contributed by atoms with van der Waals surface area (Å²) < 4.78 is 55.0. The molecule has 5 rings (SSSR count). The SMILES string of the molecule is O=S(=O)(Nc1cc(-c2ccc3ncnc(NC4CCCC4)c3n2)cnc1Cl)c1ccc(F)cc1F. The van der Waals surface area contributed by atoms with Crippen molar-refractivity contribution in [2.24, 2.45) is 0 Å². The van der Waals surface area contributed by atoms with Gasteiger partial charge in [-0.25, -0.2) is 37.1 Å². The summed E-state index contributed by atoms with van der Waals surface area (Å²) in [6.07, 6.45) is 7.37. The van der Waals surface area contributed by atoms with E-state index in [1.807, 2.05) is 0 Å². The highest BCUT2D eigenvalue weighted by Crippen LogP contribution is 2.31. The standard InChI is InChI=1S/C23H19ClF2N6O2S/c24-22-19(32-35(33,34)20-8-5-14(25)10-16(20)26)9-13(11-27-22)17-6-7-18-21(31-17)23(29-12-28-18)30-15-3-1-2-4-15/h5-12,15,32H,1-4H2,(H,28,29,30). The Balaban J connectivity index is 1.49. The summed E-state index contributed by atoms with van der Waals surface area (Å²) in [6, 6.07) is 7.44. The van der Waals surface area contributed by atoms with Gasteiger partial charge in [-0.15, -0.1) is 0 Å². The van der Waals surface area contributed by atoms with Gasteiger partial charge in [-0.05, 0) is 43.2 Å². The number of benzene rings is 1. The number of pyridine rings is 2. The second-order valence-electron chi connectivity index (χ2n) is 8.15. The normalized spacial score (nSPS) is 14.4. The van der Waals surface area contributed by atoms with Crippen molar-refractivity contribution in [3.05, 3.63) is 65.7 Å². The molecular formula is C23H19ClF2N6O2S. The van der Waals surface area contributed by atoms with Crippen molar-refractivity contribution in [1.29, 1.82) is 0 Å². The summed E-state index contributed by atoms with van der Waals surface area (Å²) in [4.78, 5) is 16.7. The minimum Gasteiger partial charge on any atom is -0.365 e. The molecule has 0 bridgehead atoms. The number of rotatable bonds is 6. The topological polar surface area (TPSA) is 110 Å². The van der Waals surface area contributed by atoms with Crippen LogP contribution in [0.15, 0.2) is 53.8 Å². The third-order valence-corrected chi connectivity index (χ3v) is 7.44. The zero-order chi connectivity index (χ0) is 24.6. The van der Waals surface area contributed by atoms with Gasteiger partial charge in [0.2, 0.25) is 0 Å². The summed E-state index contributed by atoms with van der Waals surface area (Å²) in [5, 5.41) is 3.29. The minimum atomic E-state index is -4.40. The molecular weight excluding hydrogens is 498 g/mol. The number of hydrogen-bond acceptors (Lipinski definition) is 7. The van der Waals surface area contributed by atoms with Gasteiger partial charge < -0.3 is 5.32 Å². The van der Waals surface area contributed by atoms with E-state index in [1.54, 1.807) is 12.1 Å². The van der Waals surface area contributed by atoms with Crippen LogP contribution in [0.5, 0.6) is 0 Å². The number of sulfonamides is 1. The van der Waals surface area contributed by atoms with E-state index < -0.39 is 26.6 Å². The van der Waals surface area contributed by atoms with E-state index in [1.165, 1.54) is 18.6 Å². The fourth-order valence-corrected chi connectivity index (χ4v) is 5.35. The summed E-state index contributed by atoms with van der Waals surface area (Å²) in [6.45, 7) is 0. The van der Waals surface area contributed by atoms with E-state index in [0.717, 1.165) is 37.8 Å². The first-order valence-electron chi connectivity index (χ1n) is 10.8. The lowest BCUT2D eigenvalue weighted by atomic mass is 10.1. The molecule has 1 saturated carbocycles. The lowest BCUT2D eigenvalue weighted by molar-refractivity contribution is 0.551. The predicted octanol–water partition coefficient (Wildman–Crippen LogP) is 5.17. The molecule has 0 aliphatic heterocycles. The quantitative estimate of drug-likeness (QED) is 0.340. The van der Waals surface area contributed by atoms with E-state index in [9.17, 15) is 17.2 Å². The van der Waals surface area contributed by atoms with Gasteiger partial charge in [-0.3, -0.25) is 4.72 Å². The van der Waals surface area contributed by atoms with Gasteiger partial charge in [0.25, 0.3) is 10.0 Å². The monoisotopic (exact) mass is 516 g/mol. The van der Waals surface area contributed by atoms with Crippen LogP contribution >= 0.6 is 11.6 Å². The third kappa shape index (κ3) is 4.87. The van der Waals surface area contributed by atoms with Crippen LogP contribution in [0.2, 0.25) is 5.15 Å². The highest BCUT2D eigenvalue weighted by Gasteiger charge is 2.22. The maximum atomic E-state index is 14.1. The van der Waals surface area contributed by atoms with E-state index in [-0.39, 0.29) is 10.8 Å². The lowest BCUT2D eigenvalue weighted by Crippen LogP contribution is -2.16. The van der Waals surface area contributed by atoms with E-state index >= 15 is 0 Å². The highest BCUT2D eigenvalue weighted by molar-refractivity contribution is 7.92. The zero-order valence-corrected chi connectivity index (χ0v) is 19.7. The largest absolute Gasteiger partial charge is 0.365 e. The molecule has 0 amide bonds. The van der Waals surface area contributed by atoms with Crippen molar-refractivity contribution in [3.63, 3.8) is 0 Å². The van der Waals surface area contributed by atoms with Crippen LogP contribution in [0.3, 0.4) is 0 Å². The van der Waals surface area contributed by atoms with Crippen molar-refractivity contribution >= 4 is 44.2 Å². The van der Waals surface area contributed by atoms with Crippen LogP contribution in [0.25, 0.3) is 22.3 Å². The van der Waals surface area contributed by atoms with Crippen LogP contribution in [-0.4, -0.2) is 34.4 Å². The van der Waals surface area contributed by atoms with Gasteiger partial charge >= 0.3 is 0 Å². The molecule has 0 spiro atoms. The van der Waals surface area contributed by atoms with Gasteiger partial charge in [0.05, 0.1) is 16.9 Å². The van der Waals surface area contributed by atoms with Crippen molar-refractivity contribution < 1.29 is 17.2 Å². The number of aromatic nitrogens is 4. The van der Waals surface area contributed by atoms with Crippen molar-refractivity contribution in [2.75, 3.05) is 10.0 Å². The molecule has 1 fully saturated rings. The Hall–Kier alpha value is -3.44. The molecule has 1 aliphatic rings. The molecule has 4 aromatic rings. The second kappa shape index (κ2) is 9.31. The number of fused-ring (bicyclic) bond motifs is 1. The van der Waals surface area contributed by atoms with Gasteiger partial charge in [0.1, 0.15) is 28.4 Å². The zero-order valence-electron chi connectivity index (χ0n) is 18.2. The first-order chi connectivity index (χ1) is 16.8. The predicted molar refractivity (Wildman–Crippen MR) is 129 cm³/mol. The van der Waals surface area contributed by atoms with Crippen LogP contribution in [0.1, 0.15) is 25.7 Å². The van der Waals surface area contributed by atoms with E-state index in [4.69, 9.17) is 11.6 Å². The lowest BCUT2D eigenvalue weighted by Gasteiger charge is -2.14. The fourth-order valence-electron chi connectivity index (χ4n) is 4.02. The maximum absolute atomic E-state index is 14.1. The van der Waals surface area contributed by atoms with Crippen LogP contribution in [0, 0.1) is 11.6 Å². The second-order valence-corrected chi connectivity index (χ2v) is 10.2. The van der Waals surface area contributed by atoms with Gasteiger partial charge in [-0.2, -0.15) is 0 Å². The first kappa shape index (κ1) is 23.3. The number of halogens is 3. The first-order valence-corrected chi connectivity index (χ1v) is 12.7. The highest BCUT2D eigenvalue weighted by atomic mass is 35.5. The van der Waals surface area contributed by atoms with E-state index in [2.05, 4.69) is 30.0 Å². The Morgan fingerprint density at radius 3 is 2.57 bits per heavy atom. The minimum absolute atomic E-state index is 0.0802. The van der Waals surface area contributed by atoms with Gasteiger partial charge in [-0.1, -0.05) is 24.4 Å². The molecule has 1 aromatic carbocycles. The molecule has 8 nitrogen and oxygen atoms in total. The fraction of sp³-hybridized carbons (Fsp3) is 0.217. The van der Waals surface area contributed by atoms with Crippen LogP contribution in [0.4, 0.5) is 20.3 Å². The third-order valence-electron chi connectivity index (χ3n) is 5.74. The maximum Gasteiger partial charge on any atom is 0.264 e. The van der Waals surface area contributed by atoms with E-state index in [0.29, 0.717) is 40.2 Å². The number of nitrogens with one attached hydrogen (secondary N) is 2. The Kier molecular flexibility index (Phi) is 6.20. The van der Waals surface area contributed by atoms with Crippen LogP contribution in [-0.2, 0) is 10.0 Å². The average Bonchev–Trinajstić information content (AvgIpc) is 3.33.